The van der Waals surface area contributed by atoms with Crippen molar-refractivity contribution in [2.45, 2.75) is 20.3 Å². The third-order valence-corrected chi connectivity index (χ3v) is 3.09. The molecule has 0 aliphatic rings. The Labute approximate surface area is 101 Å². The molecule has 1 aromatic carbocycles. The summed E-state index contributed by atoms with van der Waals surface area (Å²) in [4.78, 5) is 4.60. The van der Waals surface area contributed by atoms with Gasteiger partial charge in [0.2, 0.25) is 0 Å². The number of rotatable bonds is 2. The molecule has 1 N–H and O–H groups in total. The lowest BCUT2D eigenvalue weighted by Crippen LogP contribution is -2.01. The first kappa shape index (κ1) is 11.2. The number of hydrogen-bond donors (Lipinski definition) is 1. The Hall–Kier alpha value is -1.28. The number of pyridine rings is 1. The van der Waals surface area contributed by atoms with Crippen molar-refractivity contribution < 1.29 is 0 Å². The third kappa shape index (κ3) is 1.74. The van der Waals surface area contributed by atoms with Gasteiger partial charge in [0.15, 0.2) is 0 Å². The van der Waals surface area contributed by atoms with E-state index < -0.39 is 0 Å². The zero-order valence-electron chi connectivity index (χ0n) is 9.76. The van der Waals surface area contributed by atoms with Crippen LogP contribution in [-0.2, 0) is 6.42 Å². The summed E-state index contributed by atoms with van der Waals surface area (Å²) in [5, 5.41) is 5.10. The molecule has 2 aromatic rings. The molecule has 0 radical (unpaired) electrons. The number of aromatic nitrogens is 1. The minimum atomic E-state index is 0.747. The molecule has 2 rings (SSSR count). The standard InChI is InChI=1S/C13H15ClN2/c1-4-10-8(2)16-12-6-5-9(14)7-11(12)13(10)15-3/h5-7H,4H2,1-3H3,(H,15,16). The van der Waals surface area contributed by atoms with E-state index in [1.165, 1.54) is 5.56 Å². The smallest absolute Gasteiger partial charge is 0.0727 e. The van der Waals surface area contributed by atoms with Crippen LogP contribution in [0.5, 0.6) is 0 Å². The predicted octanol–water partition coefficient (Wildman–Crippen LogP) is 3.80. The highest BCUT2D eigenvalue weighted by Crippen LogP contribution is 2.30. The topological polar surface area (TPSA) is 24.9 Å². The summed E-state index contributed by atoms with van der Waals surface area (Å²) in [5.74, 6) is 0. The number of nitrogens with one attached hydrogen (secondary N) is 1. The first-order valence-corrected chi connectivity index (χ1v) is 5.81. The highest BCUT2D eigenvalue weighted by Gasteiger charge is 2.10. The molecule has 0 aliphatic heterocycles. The lowest BCUT2D eigenvalue weighted by atomic mass is 10.0. The summed E-state index contributed by atoms with van der Waals surface area (Å²) in [6, 6.07) is 5.81. The summed E-state index contributed by atoms with van der Waals surface area (Å²) >= 11 is 6.03. The summed E-state index contributed by atoms with van der Waals surface area (Å²) < 4.78 is 0. The highest BCUT2D eigenvalue weighted by molar-refractivity contribution is 6.31. The van der Waals surface area contributed by atoms with Crippen LogP contribution in [0, 0.1) is 6.92 Å². The van der Waals surface area contributed by atoms with Crippen LogP contribution in [0.4, 0.5) is 5.69 Å². The normalized spacial score (nSPS) is 10.8. The minimum absolute atomic E-state index is 0.747. The molecule has 0 spiro atoms. The Morgan fingerprint density at radius 1 is 1.38 bits per heavy atom. The average Bonchev–Trinajstić information content (AvgIpc) is 2.28. The largest absolute Gasteiger partial charge is 0.387 e. The molecule has 84 valence electrons. The summed E-state index contributed by atoms with van der Waals surface area (Å²) in [7, 11) is 1.94. The molecule has 0 unspecified atom stereocenters. The zero-order chi connectivity index (χ0) is 11.7. The highest BCUT2D eigenvalue weighted by atomic mass is 35.5. The number of aryl methyl sites for hydroxylation is 1. The van der Waals surface area contributed by atoms with Crippen molar-refractivity contribution in [3.63, 3.8) is 0 Å². The van der Waals surface area contributed by atoms with Crippen molar-refractivity contribution in [3.8, 4) is 0 Å². The number of hydrogen-bond acceptors (Lipinski definition) is 2. The predicted molar refractivity (Wildman–Crippen MR) is 70.4 cm³/mol. The first-order valence-electron chi connectivity index (χ1n) is 5.43. The van der Waals surface area contributed by atoms with E-state index in [2.05, 4.69) is 17.2 Å². The number of nitrogens with zero attached hydrogens (tertiary/aromatic N) is 1. The van der Waals surface area contributed by atoms with Crippen LogP contribution in [0.1, 0.15) is 18.2 Å². The Balaban J connectivity index is 2.86. The van der Waals surface area contributed by atoms with Crippen molar-refractivity contribution >= 4 is 28.2 Å². The monoisotopic (exact) mass is 234 g/mol. The van der Waals surface area contributed by atoms with Gasteiger partial charge in [0.25, 0.3) is 0 Å². The molecule has 0 saturated heterocycles. The first-order chi connectivity index (χ1) is 7.67. The van der Waals surface area contributed by atoms with Gasteiger partial charge in [-0.25, -0.2) is 0 Å². The van der Waals surface area contributed by atoms with Crippen LogP contribution in [0.25, 0.3) is 10.9 Å². The quantitative estimate of drug-likeness (QED) is 0.855. The van der Waals surface area contributed by atoms with Crippen LogP contribution in [-0.4, -0.2) is 12.0 Å². The maximum Gasteiger partial charge on any atom is 0.0727 e. The van der Waals surface area contributed by atoms with Crippen molar-refractivity contribution in [2.24, 2.45) is 0 Å². The van der Waals surface area contributed by atoms with Crippen LogP contribution in [0.15, 0.2) is 18.2 Å². The fraction of sp³-hybridized carbons (Fsp3) is 0.308. The second-order valence-electron chi connectivity index (χ2n) is 3.82. The number of halogens is 1. The van der Waals surface area contributed by atoms with E-state index in [9.17, 15) is 0 Å². The summed E-state index contributed by atoms with van der Waals surface area (Å²) in [6.07, 6.45) is 0.970. The molecule has 2 nitrogen and oxygen atoms in total. The number of fused-ring (bicyclic) bond motifs is 1. The Kier molecular flexibility index (Phi) is 3.01. The fourth-order valence-corrected chi connectivity index (χ4v) is 2.29. The maximum atomic E-state index is 6.03. The Morgan fingerprint density at radius 2 is 2.12 bits per heavy atom. The van der Waals surface area contributed by atoms with E-state index >= 15 is 0 Å². The van der Waals surface area contributed by atoms with E-state index in [0.29, 0.717) is 0 Å². The molecule has 0 fully saturated rings. The molecule has 0 atom stereocenters. The third-order valence-electron chi connectivity index (χ3n) is 2.86. The lowest BCUT2D eigenvalue weighted by Gasteiger charge is -2.13. The van der Waals surface area contributed by atoms with Crippen molar-refractivity contribution in [3.05, 3.63) is 34.5 Å². The van der Waals surface area contributed by atoms with Crippen LogP contribution in [0.2, 0.25) is 5.02 Å². The molecule has 16 heavy (non-hydrogen) atoms. The van der Waals surface area contributed by atoms with Crippen LogP contribution in [0.3, 0.4) is 0 Å². The van der Waals surface area contributed by atoms with Gasteiger partial charge in [-0.2, -0.15) is 0 Å². The van der Waals surface area contributed by atoms with Gasteiger partial charge >= 0.3 is 0 Å². The number of benzene rings is 1. The summed E-state index contributed by atoms with van der Waals surface area (Å²) in [5.41, 5.74) is 4.48. The van der Waals surface area contributed by atoms with Gasteiger partial charge in [0, 0.05) is 28.8 Å². The molecule has 0 aliphatic carbocycles. The van der Waals surface area contributed by atoms with E-state index in [0.717, 1.165) is 33.7 Å². The van der Waals surface area contributed by atoms with E-state index in [-0.39, 0.29) is 0 Å². The van der Waals surface area contributed by atoms with Crippen LogP contribution < -0.4 is 5.32 Å². The van der Waals surface area contributed by atoms with Crippen molar-refractivity contribution in [1.29, 1.82) is 0 Å². The van der Waals surface area contributed by atoms with Gasteiger partial charge in [0.1, 0.15) is 0 Å². The summed E-state index contributed by atoms with van der Waals surface area (Å²) in [6.45, 7) is 4.19. The van der Waals surface area contributed by atoms with Gasteiger partial charge < -0.3 is 5.32 Å². The SMILES string of the molecule is CCc1c(C)nc2ccc(Cl)cc2c1NC. The molecule has 0 saturated carbocycles. The molecule has 1 aromatic heterocycles. The lowest BCUT2D eigenvalue weighted by molar-refractivity contribution is 1.07. The number of anilines is 1. The van der Waals surface area contributed by atoms with E-state index in [4.69, 9.17) is 11.6 Å². The van der Waals surface area contributed by atoms with Gasteiger partial charge in [-0.15, -0.1) is 0 Å². The van der Waals surface area contributed by atoms with Crippen LogP contribution >= 0.6 is 11.6 Å². The van der Waals surface area contributed by atoms with Gasteiger partial charge in [-0.3, -0.25) is 4.98 Å². The van der Waals surface area contributed by atoms with Gasteiger partial charge in [-0.05, 0) is 37.1 Å². The second-order valence-corrected chi connectivity index (χ2v) is 4.25. The molecule has 0 bridgehead atoms. The maximum absolute atomic E-state index is 6.03. The second kappa shape index (κ2) is 4.30. The molecular formula is C13H15ClN2. The zero-order valence-corrected chi connectivity index (χ0v) is 10.5. The van der Waals surface area contributed by atoms with Crippen molar-refractivity contribution in [1.82, 2.24) is 4.98 Å². The fourth-order valence-electron chi connectivity index (χ4n) is 2.12. The molecule has 3 heteroatoms. The average molecular weight is 235 g/mol. The molecule has 1 heterocycles. The van der Waals surface area contributed by atoms with Gasteiger partial charge in [-0.1, -0.05) is 18.5 Å². The minimum Gasteiger partial charge on any atom is -0.387 e. The van der Waals surface area contributed by atoms with E-state index in [1.54, 1.807) is 0 Å². The van der Waals surface area contributed by atoms with Crippen molar-refractivity contribution in [2.75, 3.05) is 12.4 Å². The molecule has 0 amide bonds. The van der Waals surface area contributed by atoms with E-state index in [1.807, 2.05) is 32.2 Å². The van der Waals surface area contributed by atoms with Gasteiger partial charge in [0.05, 0.1) is 5.52 Å². The Bertz CT molecular complexity index is 535. The molecular weight excluding hydrogens is 220 g/mol. The Morgan fingerprint density at radius 3 is 2.75 bits per heavy atom.